The van der Waals surface area contributed by atoms with Gasteiger partial charge in [-0.15, -0.1) is 0 Å². The number of carbonyl (C=O) groups is 1. The highest BCUT2D eigenvalue weighted by Crippen LogP contribution is 2.17. The molecule has 0 saturated heterocycles. The highest BCUT2D eigenvalue weighted by molar-refractivity contribution is 6.34. The molecule has 80 valence electrons. The fourth-order valence-corrected chi connectivity index (χ4v) is 1.71. The van der Waals surface area contributed by atoms with Gasteiger partial charge in [-0.1, -0.05) is 29.8 Å². The minimum absolute atomic E-state index is 0.0126. The van der Waals surface area contributed by atoms with Crippen molar-refractivity contribution in [2.75, 3.05) is 0 Å². The number of hydrogen-bond acceptors (Lipinski definition) is 2. The standard InChI is InChI=1S/C13H10ClNO/c14-12-6-2-1-5-11(12)13(16)8-10-4-3-7-15-9-10/h1-7,9H,8H2. The summed E-state index contributed by atoms with van der Waals surface area (Å²) in [6, 6.07) is 10.8. The number of carbonyl (C=O) groups excluding carboxylic acids is 1. The predicted octanol–water partition coefficient (Wildman–Crippen LogP) is 3.16. The summed E-state index contributed by atoms with van der Waals surface area (Å²) in [5.41, 5.74) is 1.46. The molecule has 0 aliphatic carbocycles. The molecule has 0 N–H and O–H groups in total. The van der Waals surface area contributed by atoms with Crippen LogP contribution in [-0.2, 0) is 6.42 Å². The van der Waals surface area contributed by atoms with Crippen LogP contribution >= 0.6 is 11.6 Å². The van der Waals surface area contributed by atoms with E-state index in [2.05, 4.69) is 4.98 Å². The smallest absolute Gasteiger partial charge is 0.168 e. The molecule has 0 amide bonds. The summed E-state index contributed by atoms with van der Waals surface area (Å²) in [5.74, 6) is 0.0126. The Kier molecular flexibility index (Phi) is 3.32. The summed E-state index contributed by atoms with van der Waals surface area (Å²) in [6.07, 6.45) is 3.70. The van der Waals surface area contributed by atoms with Crippen molar-refractivity contribution in [3.63, 3.8) is 0 Å². The van der Waals surface area contributed by atoms with Gasteiger partial charge in [-0.2, -0.15) is 0 Å². The van der Waals surface area contributed by atoms with E-state index in [-0.39, 0.29) is 5.78 Å². The molecule has 0 aliphatic heterocycles. The van der Waals surface area contributed by atoms with Crippen LogP contribution in [0.5, 0.6) is 0 Å². The number of nitrogens with zero attached hydrogens (tertiary/aromatic N) is 1. The number of rotatable bonds is 3. The molecule has 0 radical (unpaired) electrons. The van der Waals surface area contributed by atoms with Crippen molar-refractivity contribution in [2.45, 2.75) is 6.42 Å². The molecule has 1 heterocycles. The van der Waals surface area contributed by atoms with Crippen LogP contribution in [0.15, 0.2) is 48.8 Å². The van der Waals surface area contributed by atoms with Gasteiger partial charge in [0.25, 0.3) is 0 Å². The number of halogens is 1. The minimum atomic E-state index is 0.0126. The van der Waals surface area contributed by atoms with Gasteiger partial charge in [0.05, 0.1) is 5.02 Å². The van der Waals surface area contributed by atoms with Crippen LogP contribution in [-0.4, -0.2) is 10.8 Å². The summed E-state index contributed by atoms with van der Waals surface area (Å²) in [4.78, 5) is 15.9. The Bertz CT molecular complexity index is 496. The summed E-state index contributed by atoms with van der Waals surface area (Å²) in [6.45, 7) is 0. The Balaban J connectivity index is 2.19. The molecule has 1 aromatic carbocycles. The van der Waals surface area contributed by atoms with Crippen LogP contribution in [0.25, 0.3) is 0 Å². The van der Waals surface area contributed by atoms with Gasteiger partial charge in [-0.05, 0) is 23.8 Å². The quantitative estimate of drug-likeness (QED) is 0.760. The number of aromatic nitrogens is 1. The molecule has 16 heavy (non-hydrogen) atoms. The fourth-order valence-electron chi connectivity index (χ4n) is 1.47. The maximum absolute atomic E-state index is 11.9. The van der Waals surface area contributed by atoms with E-state index in [1.807, 2.05) is 24.3 Å². The van der Waals surface area contributed by atoms with Crippen molar-refractivity contribution in [3.05, 3.63) is 64.9 Å². The van der Waals surface area contributed by atoms with Crippen molar-refractivity contribution >= 4 is 17.4 Å². The zero-order chi connectivity index (χ0) is 11.4. The first kappa shape index (κ1) is 10.8. The minimum Gasteiger partial charge on any atom is -0.294 e. The summed E-state index contributed by atoms with van der Waals surface area (Å²) < 4.78 is 0. The summed E-state index contributed by atoms with van der Waals surface area (Å²) in [7, 11) is 0. The van der Waals surface area contributed by atoms with E-state index in [4.69, 9.17) is 11.6 Å². The molecule has 2 nitrogen and oxygen atoms in total. The molecular formula is C13H10ClNO. The van der Waals surface area contributed by atoms with Crippen LogP contribution < -0.4 is 0 Å². The van der Waals surface area contributed by atoms with Crippen molar-refractivity contribution < 1.29 is 4.79 Å². The topological polar surface area (TPSA) is 30.0 Å². The Labute approximate surface area is 98.9 Å². The largest absolute Gasteiger partial charge is 0.294 e. The third kappa shape index (κ3) is 2.47. The second-order valence-corrected chi connectivity index (χ2v) is 3.85. The predicted molar refractivity (Wildman–Crippen MR) is 63.7 cm³/mol. The van der Waals surface area contributed by atoms with E-state index in [0.717, 1.165) is 5.56 Å². The first-order chi connectivity index (χ1) is 7.77. The molecule has 0 unspecified atom stereocenters. The zero-order valence-electron chi connectivity index (χ0n) is 8.56. The normalized spacial score (nSPS) is 10.1. The number of benzene rings is 1. The Morgan fingerprint density at radius 2 is 2.00 bits per heavy atom. The first-order valence-electron chi connectivity index (χ1n) is 4.94. The molecule has 2 aromatic rings. The fraction of sp³-hybridized carbons (Fsp3) is 0.0769. The molecule has 0 saturated carbocycles. The van der Waals surface area contributed by atoms with E-state index in [1.54, 1.807) is 24.5 Å². The highest BCUT2D eigenvalue weighted by atomic mass is 35.5. The maximum atomic E-state index is 11.9. The molecule has 0 aliphatic rings. The van der Waals surface area contributed by atoms with Gasteiger partial charge in [0.15, 0.2) is 5.78 Å². The number of Topliss-reactive ketones (excluding diaryl/α,β-unsaturated/α-hetero) is 1. The third-order valence-corrected chi connectivity index (χ3v) is 2.59. The van der Waals surface area contributed by atoms with Crippen LogP contribution in [0, 0.1) is 0 Å². The molecular weight excluding hydrogens is 222 g/mol. The number of hydrogen-bond donors (Lipinski definition) is 0. The van der Waals surface area contributed by atoms with Gasteiger partial charge < -0.3 is 0 Å². The van der Waals surface area contributed by atoms with Crippen molar-refractivity contribution in [2.24, 2.45) is 0 Å². The van der Waals surface area contributed by atoms with Gasteiger partial charge in [0, 0.05) is 24.4 Å². The van der Waals surface area contributed by atoms with Crippen molar-refractivity contribution in [3.8, 4) is 0 Å². The summed E-state index contributed by atoms with van der Waals surface area (Å²) >= 11 is 5.95. The Morgan fingerprint density at radius 3 is 2.69 bits per heavy atom. The SMILES string of the molecule is O=C(Cc1cccnc1)c1ccccc1Cl. The maximum Gasteiger partial charge on any atom is 0.168 e. The average molecular weight is 232 g/mol. The van der Waals surface area contributed by atoms with E-state index in [0.29, 0.717) is 17.0 Å². The lowest BCUT2D eigenvalue weighted by Gasteiger charge is -2.02. The lowest BCUT2D eigenvalue weighted by molar-refractivity contribution is 0.0993. The van der Waals surface area contributed by atoms with Crippen LogP contribution in [0.2, 0.25) is 5.02 Å². The molecule has 0 atom stereocenters. The second kappa shape index (κ2) is 4.90. The monoisotopic (exact) mass is 231 g/mol. The lowest BCUT2D eigenvalue weighted by Crippen LogP contribution is -2.04. The Hall–Kier alpha value is -1.67. The summed E-state index contributed by atoms with van der Waals surface area (Å²) in [5, 5.41) is 0.497. The van der Waals surface area contributed by atoms with E-state index in [1.165, 1.54) is 0 Å². The van der Waals surface area contributed by atoms with Crippen molar-refractivity contribution in [1.29, 1.82) is 0 Å². The second-order valence-electron chi connectivity index (χ2n) is 3.44. The number of ketones is 1. The van der Waals surface area contributed by atoms with Gasteiger partial charge in [0.2, 0.25) is 0 Å². The molecule has 0 bridgehead atoms. The third-order valence-electron chi connectivity index (χ3n) is 2.26. The molecule has 0 spiro atoms. The molecule has 3 heteroatoms. The van der Waals surface area contributed by atoms with Crippen molar-refractivity contribution in [1.82, 2.24) is 4.98 Å². The van der Waals surface area contributed by atoms with Crippen LogP contribution in [0.4, 0.5) is 0 Å². The zero-order valence-corrected chi connectivity index (χ0v) is 9.32. The van der Waals surface area contributed by atoms with Gasteiger partial charge >= 0.3 is 0 Å². The molecule has 2 rings (SSSR count). The van der Waals surface area contributed by atoms with Gasteiger partial charge in [-0.25, -0.2) is 0 Å². The van der Waals surface area contributed by atoms with Gasteiger partial charge in [-0.3, -0.25) is 9.78 Å². The average Bonchev–Trinajstić information content (AvgIpc) is 2.31. The van der Waals surface area contributed by atoms with E-state index < -0.39 is 0 Å². The highest BCUT2D eigenvalue weighted by Gasteiger charge is 2.09. The van der Waals surface area contributed by atoms with E-state index in [9.17, 15) is 4.79 Å². The lowest BCUT2D eigenvalue weighted by atomic mass is 10.0. The van der Waals surface area contributed by atoms with Crippen LogP contribution in [0.3, 0.4) is 0 Å². The van der Waals surface area contributed by atoms with E-state index >= 15 is 0 Å². The first-order valence-corrected chi connectivity index (χ1v) is 5.32. The van der Waals surface area contributed by atoms with Gasteiger partial charge in [0.1, 0.15) is 0 Å². The Morgan fingerprint density at radius 1 is 1.19 bits per heavy atom. The molecule has 1 aromatic heterocycles. The van der Waals surface area contributed by atoms with Crippen LogP contribution in [0.1, 0.15) is 15.9 Å². The molecule has 0 fully saturated rings. The number of pyridine rings is 1.